The molecule has 2 aromatic carbocycles. The zero-order chi connectivity index (χ0) is 20.1. The monoisotopic (exact) mass is 380 g/mol. The van der Waals surface area contributed by atoms with Crippen molar-refractivity contribution >= 4 is 30.1 Å². The second-order valence-corrected chi connectivity index (χ2v) is 5.89. The molecule has 28 heavy (non-hydrogen) atoms. The maximum Gasteiger partial charge on any atom is 0.142 e. The first kappa shape index (κ1) is 19.0. The van der Waals surface area contributed by atoms with E-state index in [0.717, 1.165) is 0 Å². The van der Waals surface area contributed by atoms with E-state index in [4.69, 9.17) is 0 Å². The van der Waals surface area contributed by atoms with E-state index in [2.05, 4.69) is 27.2 Å². The van der Waals surface area contributed by atoms with Gasteiger partial charge in [0.25, 0.3) is 0 Å². The second-order valence-electron chi connectivity index (χ2n) is 5.89. The summed E-state index contributed by atoms with van der Waals surface area (Å²) in [4.78, 5) is 8.57. The van der Waals surface area contributed by atoms with Crippen LogP contribution in [0, 0.1) is 11.6 Å². The first-order valence-corrected chi connectivity index (χ1v) is 8.37. The molecule has 0 bridgehead atoms. The van der Waals surface area contributed by atoms with Crippen molar-refractivity contribution in [2.45, 2.75) is 0 Å². The molecular weight excluding hydrogens is 362 g/mol. The van der Waals surface area contributed by atoms with Crippen molar-refractivity contribution in [1.29, 1.82) is 0 Å². The summed E-state index contributed by atoms with van der Waals surface area (Å²) in [5.41, 5.74) is 1.32. The molecule has 0 saturated heterocycles. The quantitative estimate of drug-likeness (QED) is 0.481. The lowest BCUT2D eigenvalue weighted by Crippen LogP contribution is -2.25. The third-order valence-corrected chi connectivity index (χ3v) is 3.93. The Bertz CT molecular complexity index is 1110. The Morgan fingerprint density at radius 2 is 1.68 bits per heavy atom. The number of aromatic nitrogens is 1. The summed E-state index contributed by atoms with van der Waals surface area (Å²) in [5, 5.41) is 16.9. The first-order valence-electron chi connectivity index (χ1n) is 8.37. The predicted molar refractivity (Wildman–Crippen MR) is 108 cm³/mol. The highest BCUT2D eigenvalue weighted by molar-refractivity contribution is 6.07. The molecule has 3 N–H and O–H groups in total. The standard InChI is InChI=1S/C21H18F2N4O/c1-13-19(28)11-18(12-25-17-9-7-16(23)8-10-17)26-20(13)27-21(24-2)14-3-5-15(22)6-4-14/h3-12,25,28H,1H2,2H3,(H,24,26,27)/b18-12-. The number of rotatable bonds is 4. The van der Waals surface area contributed by atoms with Crippen molar-refractivity contribution < 1.29 is 13.9 Å². The molecule has 0 aliphatic rings. The minimum absolute atomic E-state index is 0.0563. The predicted octanol–water partition coefficient (Wildman–Crippen LogP) is 2.81. The fourth-order valence-electron chi connectivity index (χ4n) is 2.44. The van der Waals surface area contributed by atoms with Gasteiger partial charge in [-0.2, -0.15) is 0 Å². The lowest BCUT2D eigenvalue weighted by atomic mass is 10.2. The summed E-state index contributed by atoms with van der Waals surface area (Å²) < 4.78 is 26.1. The van der Waals surface area contributed by atoms with Gasteiger partial charge in [-0.05, 0) is 48.5 Å². The zero-order valence-corrected chi connectivity index (χ0v) is 15.1. The molecule has 0 radical (unpaired) electrons. The van der Waals surface area contributed by atoms with Gasteiger partial charge in [-0.3, -0.25) is 4.99 Å². The minimum atomic E-state index is -0.351. The van der Waals surface area contributed by atoms with Crippen molar-refractivity contribution in [1.82, 2.24) is 4.98 Å². The van der Waals surface area contributed by atoms with Crippen LogP contribution in [0.2, 0.25) is 0 Å². The summed E-state index contributed by atoms with van der Waals surface area (Å²) in [6.45, 7) is 3.82. The smallest absolute Gasteiger partial charge is 0.142 e. The van der Waals surface area contributed by atoms with E-state index >= 15 is 0 Å². The van der Waals surface area contributed by atoms with Gasteiger partial charge in [0.1, 0.15) is 29.0 Å². The van der Waals surface area contributed by atoms with Crippen LogP contribution in [-0.4, -0.2) is 23.0 Å². The number of nitrogens with zero attached hydrogens (tertiary/aromatic N) is 2. The van der Waals surface area contributed by atoms with Gasteiger partial charge in [0.05, 0.1) is 10.6 Å². The van der Waals surface area contributed by atoms with Gasteiger partial charge in [0.15, 0.2) is 0 Å². The zero-order valence-electron chi connectivity index (χ0n) is 15.1. The molecule has 0 fully saturated rings. The molecule has 3 aromatic rings. The third kappa shape index (κ3) is 4.50. The van der Waals surface area contributed by atoms with Crippen molar-refractivity contribution in [3.63, 3.8) is 0 Å². The molecule has 142 valence electrons. The summed E-state index contributed by atoms with van der Waals surface area (Å²) in [7, 11) is 1.58. The molecule has 7 heteroatoms. The largest absolute Gasteiger partial charge is 0.507 e. The molecule has 1 heterocycles. The summed E-state index contributed by atoms with van der Waals surface area (Å²) in [5.74, 6) is 0.00872. The van der Waals surface area contributed by atoms with Crippen molar-refractivity contribution in [2.24, 2.45) is 4.99 Å². The fourth-order valence-corrected chi connectivity index (χ4v) is 2.44. The summed E-state index contributed by atoms with van der Waals surface area (Å²) in [6.07, 6.45) is 1.57. The maximum atomic E-state index is 13.2. The van der Waals surface area contributed by atoms with Crippen LogP contribution in [0.1, 0.15) is 5.56 Å². The van der Waals surface area contributed by atoms with E-state index in [1.165, 1.54) is 30.3 Å². The van der Waals surface area contributed by atoms with E-state index < -0.39 is 0 Å². The summed E-state index contributed by atoms with van der Waals surface area (Å²) in [6, 6.07) is 13.1. The number of amidine groups is 1. The van der Waals surface area contributed by atoms with Gasteiger partial charge in [0.2, 0.25) is 0 Å². The Hall–Kier alpha value is -3.74. The van der Waals surface area contributed by atoms with Crippen LogP contribution in [0.25, 0.3) is 12.8 Å². The fraction of sp³-hybridized carbons (Fsp3) is 0.0476. The number of aliphatic imine (C=N–C) groups is 1. The highest BCUT2D eigenvalue weighted by Crippen LogP contribution is 2.09. The highest BCUT2D eigenvalue weighted by Gasteiger charge is 2.08. The molecule has 3 rings (SSSR count). The molecular formula is C21H18F2N4O. The number of anilines is 2. The van der Waals surface area contributed by atoms with E-state index in [1.807, 2.05) is 0 Å². The van der Waals surface area contributed by atoms with Crippen LogP contribution in [0.4, 0.5) is 20.3 Å². The van der Waals surface area contributed by atoms with Gasteiger partial charge < -0.3 is 15.7 Å². The van der Waals surface area contributed by atoms with Gasteiger partial charge >= 0.3 is 0 Å². The molecule has 5 nitrogen and oxygen atoms in total. The van der Waals surface area contributed by atoms with Crippen LogP contribution in [-0.2, 0) is 0 Å². The van der Waals surface area contributed by atoms with E-state index in [0.29, 0.717) is 33.5 Å². The molecule has 0 aliphatic heterocycles. The molecule has 1 aromatic heterocycles. The van der Waals surface area contributed by atoms with Crippen LogP contribution in [0.3, 0.4) is 0 Å². The molecule has 0 spiro atoms. The van der Waals surface area contributed by atoms with Crippen LogP contribution < -0.4 is 21.2 Å². The Morgan fingerprint density at radius 3 is 2.29 bits per heavy atom. The van der Waals surface area contributed by atoms with Crippen LogP contribution in [0.15, 0.2) is 59.6 Å². The van der Waals surface area contributed by atoms with Crippen molar-refractivity contribution in [2.75, 3.05) is 17.7 Å². The number of halogens is 2. The topological polar surface area (TPSA) is 69.5 Å². The van der Waals surface area contributed by atoms with Crippen molar-refractivity contribution in [3.8, 4) is 5.75 Å². The van der Waals surface area contributed by atoms with Crippen LogP contribution >= 0.6 is 0 Å². The second kappa shape index (κ2) is 8.30. The average molecular weight is 380 g/mol. The Balaban J connectivity index is 1.90. The molecule has 0 atom stereocenters. The van der Waals surface area contributed by atoms with Crippen molar-refractivity contribution in [3.05, 3.63) is 82.4 Å². The number of nitrogens with one attached hydrogen (secondary N) is 2. The van der Waals surface area contributed by atoms with E-state index in [-0.39, 0.29) is 17.4 Å². The van der Waals surface area contributed by atoms with Gasteiger partial charge in [-0.1, -0.05) is 6.58 Å². The van der Waals surface area contributed by atoms with Gasteiger partial charge in [0, 0.05) is 30.6 Å². The van der Waals surface area contributed by atoms with Gasteiger partial charge in [-0.25, -0.2) is 13.8 Å². The van der Waals surface area contributed by atoms with Gasteiger partial charge in [-0.15, -0.1) is 0 Å². The number of pyridine rings is 1. The molecule has 0 aliphatic carbocycles. The Labute approximate surface area is 160 Å². The molecule has 0 amide bonds. The third-order valence-electron chi connectivity index (χ3n) is 3.93. The van der Waals surface area contributed by atoms with E-state index in [9.17, 15) is 13.9 Å². The lowest BCUT2D eigenvalue weighted by molar-refractivity contribution is 0.470. The Kier molecular flexibility index (Phi) is 5.64. The number of hydrogen-bond acceptors (Lipinski definition) is 4. The number of aromatic hydroxyl groups is 1. The van der Waals surface area contributed by atoms with Crippen LogP contribution in [0.5, 0.6) is 5.75 Å². The van der Waals surface area contributed by atoms with E-state index in [1.54, 1.807) is 37.5 Å². The molecule has 0 unspecified atom stereocenters. The Morgan fingerprint density at radius 1 is 1.07 bits per heavy atom. The first-order chi connectivity index (χ1) is 13.5. The maximum absolute atomic E-state index is 13.2. The minimum Gasteiger partial charge on any atom is -0.507 e. The SMILES string of the molecule is C=c1c(O)c/c(=C/Nc2ccc(F)cc2)nc1NC(=NC)c1ccc(F)cc1. The molecule has 0 saturated carbocycles. The number of hydrogen-bond donors (Lipinski definition) is 3. The lowest BCUT2D eigenvalue weighted by Gasteiger charge is -2.10. The average Bonchev–Trinajstić information content (AvgIpc) is 2.69. The summed E-state index contributed by atoms with van der Waals surface area (Å²) >= 11 is 0. The highest BCUT2D eigenvalue weighted by atomic mass is 19.1. The normalized spacial score (nSPS) is 12.1. The number of benzene rings is 2.